The van der Waals surface area contributed by atoms with Crippen LogP contribution in [0.25, 0.3) is 0 Å². The molecule has 2 atom stereocenters. The molecule has 28 heavy (non-hydrogen) atoms. The van der Waals surface area contributed by atoms with Crippen LogP contribution in [-0.2, 0) is 6.54 Å². The number of hydrogen-bond donors (Lipinski definition) is 2. The highest BCUT2D eigenvalue weighted by molar-refractivity contribution is 6.33. The second-order valence-corrected chi connectivity index (χ2v) is 8.51. The topological polar surface area (TPSA) is 52.6 Å². The van der Waals surface area contributed by atoms with Gasteiger partial charge in [-0.15, -0.1) is 0 Å². The molecule has 4 nitrogen and oxygen atoms in total. The van der Waals surface area contributed by atoms with Crippen LogP contribution in [0.4, 0.5) is 0 Å². The molecule has 2 aromatic carbocycles. The molecule has 1 heterocycles. The largest absolute Gasteiger partial charge is 0.478 e. The van der Waals surface area contributed by atoms with Crippen molar-refractivity contribution in [1.82, 2.24) is 10.2 Å². The quantitative estimate of drug-likeness (QED) is 0.726. The number of rotatable bonds is 7. The van der Waals surface area contributed by atoms with E-state index < -0.39 is 5.97 Å². The molecule has 1 aliphatic heterocycles. The number of hydrogen-bond acceptors (Lipinski definition) is 3. The summed E-state index contributed by atoms with van der Waals surface area (Å²) < 4.78 is 0. The van der Waals surface area contributed by atoms with Gasteiger partial charge < -0.3 is 10.4 Å². The van der Waals surface area contributed by atoms with Gasteiger partial charge in [0.2, 0.25) is 0 Å². The maximum Gasteiger partial charge on any atom is 0.337 e. The Morgan fingerprint density at radius 2 is 1.89 bits per heavy atom. The molecule has 1 saturated heterocycles. The first-order valence-corrected chi connectivity index (χ1v) is 10.5. The number of carbonyl (C=O) groups is 1. The van der Waals surface area contributed by atoms with Crippen LogP contribution in [0, 0.1) is 5.92 Å². The van der Waals surface area contributed by atoms with Gasteiger partial charge in [0, 0.05) is 18.5 Å². The van der Waals surface area contributed by atoms with Gasteiger partial charge >= 0.3 is 5.97 Å². The van der Waals surface area contributed by atoms with Gasteiger partial charge in [0.15, 0.2) is 0 Å². The van der Waals surface area contributed by atoms with Gasteiger partial charge in [0.25, 0.3) is 0 Å². The lowest BCUT2D eigenvalue weighted by molar-refractivity contribution is 0.0697. The van der Waals surface area contributed by atoms with Gasteiger partial charge in [0.1, 0.15) is 0 Å². The summed E-state index contributed by atoms with van der Waals surface area (Å²) >= 11 is 6.09. The van der Waals surface area contributed by atoms with Crippen LogP contribution < -0.4 is 5.32 Å². The lowest BCUT2D eigenvalue weighted by Gasteiger charge is -2.32. The third kappa shape index (κ3) is 4.75. The van der Waals surface area contributed by atoms with Crippen LogP contribution in [0.2, 0.25) is 5.02 Å². The van der Waals surface area contributed by atoms with E-state index >= 15 is 0 Å². The Labute approximate surface area is 171 Å². The van der Waals surface area contributed by atoms with E-state index in [0.717, 1.165) is 37.7 Å². The second-order valence-electron chi connectivity index (χ2n) is 8.11. The number of carboxylic acids is 1. The van der Waals surface area contributed by atoms with Gasteiger partial charge in [0.05, 0.1) is 10.6 Å². The first kappa shape index (κ1) is 19.4. The third-order valence-electron chi connectivity index (χ3n) is 6.06. The Bertz CT molecular complexity index is 819. The van der Waals surface area contributed by atoms with Gasteiger partial charge in [-0.2, -0.15) is 0 Å². The molecule has 148 valence electrons. The fourth-order valence-electron chi connectivity index (χ4n) is 4.24. The first-order valence-electron chi connectivity index (χ1n) is 10.1. The number of nitrogens with one attached hydrogen (secondary N) is 1. The minimum Gasteiger partial charge on any atom is -0.478 e. The number of piperidine rings is 1. The molecule has 0 spiro atoms. The summed E-state index contributed by atoms with van der Waals surface area (Å²) in [7, 11) is 0. The van der Waals surface area contributed by atoms with Crippen LogP contribution in [0.5, 0.6) is 0 Å². The number of aromatic carboxylic acids is 1. The Hall–Kier alpha value is -1.88. The summed E-state index contributed by atoms with van der Waals surface area (Å²) in [4.78, 5) is 13.5. The molecule has 2 N–H and O–H groups in total. The average molecular weight is 399 g/mol. The molecule has 0 radical (unpaired) electrons. The summed E-state index contributed by atoms with van der Waals surface area (Å²) in [5, 5.41) is 13.2. The Balaban J connectivity index is 1.19. The van der Waals surface area contributed by atoms with Crippen LogP contribution >= 0.6 is 11.6 Å². The lowest BCUT2D eigenvalue weighted by atomic mass is 9.96. The van der Waals surface area contributed by atoms with E-state index in [2.05, 4.69) is 40.5 Å². The van der Waals surface area contributed by atoms with Crippen molar-refractivity contribution >= 4 is 17.6 Å². The average Bonchev–Trinajstić information content (AvgIpc) is 3.48. The van der Waals surface area contributed by atoms with E-state index in [1.54, 1.807) is 12.1 Å². The SMILES string of the molecule is O=C(O)c1ccc(CN2CCC(CNC3CC3c3ccccc3)CC2)cc1Cl. The van der Waals surface area contributed by atoms with E-state index in [0.29, 0.717) is 17.0 Å². The Kier molecular flexibility index (Phi) is 6.00. The summed E-state index contributed by atoms with van der Waals surface area (Å²) in [5.41, 5.74) is 2.71. The van der Waals surface area contributed by atoms with Crippen LogP contribution in [-0.4, -0.2) is 41.7 Å². The molecule has 5 heteroatoms. The predicted octanol–water partition coefficient (Wildman–Crippen LogP) is 4.40. The summed E-state index contributed by atoms with van der Waals surface area (Å²) in [6.07, 6.45) is 3.67. The maximum atomic E-state index is 11.1. The van der Waals surface area contributed by atoms with E-state index in [1.807, 2.05) is 6.07 Å². The number of likely N-dealkylation sites (tertiary alicyclic amines) is 1. The minimum absolute atomic E-state index is 0.170. The predicted molar refractivity (Wildman–Crippen MR) is 112 cm³/mol. The molecule has 1 saturated carbocycles. The molecule has 4 rings (SSSR count). The molecule has 2 aromatic rings. The van der Waals surface area contributed by atoms with Crippen molar-refractivity contribution in [2.45, 2.75) is 37.8 Å². The van der Waals surface area contributed by atoms with E-state index in [4.69, 9.17) is 16.7 Å². The third-order valence-corrected chi connectivity index (χ3v) is 6.38. The molecule has 1 aliphatic carbocycles. The summed E-state index contributed by atoms with van der Waals surface area (Å²) in [5.74, 6) is 0.459. The number of carboxylic acid groups (broad SMARTS) is 1. The number of benzene rings is 2. The summed E-state index contributed by atoms with van der Waals surface area (Å²) in [6, 6.07) is 16.7. The second kappa shape index (κ2) is 8.64. The maximum absolute atomic E-state index is 11.1. The number of nitrogens with zero attached hydrogens (tertiary/aromatic N) is 1. The highest BCUT2D eigenvalue weighted by Gasteiger charge is 2.38. The molecular formula is C23H27ClN2O2. The monoisotopic (exact) mass is 398 g/mol. The Morgan fingerprint density at radius 1 is 1.14 bits per heavy atom. The molecule has 0 aromatic heterocycles. The fourth-order valence-corrected chi connectivity index (χ4v) is 4.53. The molecule has 0 amide bonds. The molecule has 0 bridgehead atoms. The molecule has 2 unspecified atom stereocenters. The van der Waals surface area contributed by atoms with Gasteiger partial charge in [-0.3, -0.25) is 4.90 Å². The first-order chi connectivity index (χ1) is 13.6. The van der Waals surface area contributed by atoms with Crippen molar-refractivity contribution in [3.05, 3.63) is 70.2 Å². The minimum atomic E-state index is -0.977. The van der Waals surface area contributed by atoms with Crippen molar-refractivity contribution in [1.29, 1.82) is 0 Å². The fraction of sp³-hybridized carbons (Fsp3) is 0.435. The zero-order valence-electron chi connectivity index (χ0n) is 16.0. The van der Waals surface area contributed by atoms with Crippen LogP contribution in [0.3, 0.4) is 0 Å². The van der Waals surface area contributed by atoms with Crippen LogP contribution in [0.15, 0.2) is 48.5 Å². The summed E-state index contributed by atoms with van der Waals surface area (Å²) in [6.45, 7) is 4.11. The molecular weight excluding hydrogens is 372 g/mol. The number of halogens is 1. The normalized spacial score (nSPS) is 22.9. The zero-order chi connectivity index (χ0) is 19.5. The van der Waals surface area contributed by atoms with Crippen molar-refractivity contribution in [3.8, 4) is 0 Å². The molecule has 2 fully saturated rings. The highest BCUT2D eigenvalue weighted by Crippen LogP contribution is 2.40. The van der Waals surface area contributed by atoms with Crippen molar-refractivity contribution in [3.63, 3.8) is 0 Å². The van der Waals surface area contributed by atoms with Gasteiger partial charge in [-0.05, 0) is 68.1 Å². The van der Waals surface area contributed by atoms with E-state index in [9.17, 15) is 4.79 Å². The van der Waals surface area contributed by atoms with Crippen molar-refractivity contribution in [2.24, 2.45) is 5.92 Å². The van der Waals surface area contributed by atoms with E-state index in [1.165, 1.54) is 24.8 Å². The highest BCUT2D eigenvalue weighted by atomic mass is 35.5. The molecule has 2 aliphatic rings. The van der Waals surface area contributed by atoms with Gasteiger partial charge in [-0.1, -0.05) is 48.0 Å². The van der Waals surface area contributed by atoms with E-state index in [-0.39, 0.29) is 5.56 Å². The lowest BCUT2D eigenvalue weighted by Crippen LogP contribution is -2.37. The van der Waals surface area contributed by atoms with Crippen LogP contribution in [0.1, 0.15) is 46.7 Å². The Morgan fingerprint density at radius 3 is 2.57 bits per heavy atom. The zero-order valence-corrected chi connectivity index (χ0v) is 16.7. The smallest absolute Gasteiger partial charge is 0.337 e. The van der Waals surface area contributed by atoms with Crippen molar-refractivity contribution in [2.75, 3.05) is 19.6 Å². The standard InChI is InChI=1S/C23H27ClN2O2/c24-21-12-17(6-7-19(21)23(27)28)15-26-10-8-16(9-11-26)14-25-22-13-20(22)18-4-2-1-3-5-18/h1-7,12,16,20,22,25H,8-11,13-15H2,(H,27,28). The van der Waals surface area contributed by atoms with Gasteiger partial charge in [-0.25, -0.2) is 4.79 Å². The van der Waals surface area contributed by atoms with Crippen molar-refractivity contribution < 1.29 is 9.90 Å².